The molecule has 0 amide bonds. The smallest absolute Gasteiger partial charge is 0.0766 e. The Hall–Kier alpha value is 0.310. The van der Waals surface area contributed by atoms with Crippen LogP contribution in [0.1, 0.15) is 51.9 Å². The highest BCUT2D eigenvalue weighted by Gasteiger charge is 2.45. The molecule has 5 atom stereocenters. The summed E-state index contributed by atoms with van der Waals surface area (Å²) in [5.74, 6) is 4.09. The minimum Gasteiger partial charge on any atom is -0.389 e. The summed E-state index contributed by atoms with van der Waals surface area (Å²) in [7, 11) is 0. The molecule has 1 heterocycles. The second-order valence-electron chi connectivity index (χ2n) is 6.36. The van der Waals surface area contributed by atoms with Crippen LogP contribution >= 0.6 is 11.8 Å². The fraction of sp³-hybridized carbons (Fsp3) is 1.00. The predicted molar refractivity (Wildman–Crippen MR) is 69.7 cm³/mol. The van der Waals surface area contributed by atoms with E-state index >= 15 is 0 Å². The van der Waals surface area contributed by atoms with E-state index in [2.05, 4.69) is 6.92 Å². The summed E-state index contributed by atoms with van der Waals surface area (Å²) in [5, 5.41) is 11.3. The van der Waals surface area contributed by atoms with Crippen LogP contribution in [0.5, 0.6) is 0 Å². The van der Waals surface area contributed by atoms with Crippen molar-refractivity contribution in [3.63, 3.8) is 0 Å². The van der Waals surface area contributed by atoms with Crippen LogP contribution in [0.3, 0.4) is 0 Å². The van der Waals surface area contributed by atoms with Gasteiger partial charge in [0.05, 0.1) is 5.60 Å². The zero-order chi connectivity index (χ0) is 11.2. The number of hydrogen-bond acceptors (Lipinski definition) is 2. The van der Waals surface area contributed by atoms with Crippen molar-refractivity contribution in [3.8, 4) is 0 Å². The van der Waals surface area contributed by atoms with Gasteiger partial charge in [0.15, 0.2) is 0 Å². The molecule has 16 heavy (non-hydrogen) atoms. The van der Waals surface area contributed by atoms with E-state index in [-0.39, 0.29) is 5.60 Å². The van der Waals surface area contributed by atoms with Gasteiger partial charge < -0.3 is 5.11 Å². The third-order valence-electron chi connectivity index (χ3n) is 5.38. The van der Waals surface area contributed by atoms with Gasteiger partial charge in [-0.15, -0.1) is 0 Å². The third kappa shape index (κ3) is 1.92. The van der Waals surface area contributed by atoms with E-state index in [0.717, 1.165) is 30.6 Å². The fourth-order valence-corrected chi connectivity index (χ4v) is 5.53. The maximum absolute atomic E-state index is 10.8. The molecular formula is C14H24OS. The van der Waals surface area contributed by atoms with Crippen LogP contribution in [0.25, 0.3) is 0 Å². The molecule has 3 aliphatic rings. The average Bonchev–Trinajstić information content (AvgIpc) is 2.84. The Morgan fingerprint density at radius 2 is 2.19 bits per heavy atom. The largest absolute Gasteiger partial charge is 0.389 e. The quantitative estimate of drug-likeness (QED) is 0.797. The second-order valence-corrected chi connectivity index (χ2v) is 7.81. The molecule has 3 fully saturated rings. The first kappa shape index (κ1) is 11.4. The van der Waals surface area contributed by atoms with Gasteiger partial charge in [0, 0.05) is 5.25 Å². The number of hydrogen-bond donors (Lipinski definition) is 1. The first-order valence-electron chi connectivity index (χ1n) is 7.01. The van der Waals surface area contributed by atoms with Crippen LogP contribution in [0, 0.1) is 17.8 Å². The van der Waals surface area contributed by atoms with Crippen LogP contribution in [0.4, 0.5) is 0 Å². The standard InChI is InChI=1S/C14H24OS/c1-10-14(15,5-2-6-16-10)9-13-8-11-3-4-12(13)7-11/h10-13,15H,2-9H2,1H3. The first-order chi connectivity index (χ1) is 7.67. The summed E-state index contributed by atoms with van der Waals surface area (Å²) in [6.45, 7) is 2.23. The minimum absolute atomic E-state index is 0.335. The molecule has 2 saturated carbocycles. The molecule has 1 N–H and O–H groups in total. The Morgan fingerprint density at radius 3 is 2.81 bits per heavy atom. The van der Waals surface area contributed by atoms with Crippen molar-refractivity contribution in [1.29, 1.82) is 0 Å². The summed E-state index contributed by atoms with van der Waals surface area (Å²) in [6, 6.07) is 0. The lowest BCUT2D eigenvalue weighted by Gasteiger charge is -2.41. The van der Waals surface area contributed by atoms with Crippen LogP contribution in [0.15, 0.2) is 0 Å². The SMILES string of the molecule is CC1SCCCC1(O)CC1CC2CCC1C2. The highest BCUT2D eigenvalue weighted by molar-refractivity contribution is 8.00. The Labute approximate surface area is 103 Å². The molecule has 1 aliphatic heterocycles. The number of fused-ring (bicyclic) bond motifs is 2. The summed E-state index contributed by atoms with van der Waals surface area (Å²) in [6.07, 6.45) is 9.19. The molecule has 5 unspecified atom stereocenters. The molecular weight excluding hydrogens is 216 g/mol. The summed E-state index contributed by atoms with van der Waals surface area (Å²) in [4.78, 5) is 0. The number of aliphatic hydroxyl groups is 1. The lowest BCUT2D eigenvalue weighted by molar-refractivity contribution is -0.00227. The van der Waals surface area contributed by atoms with Gasteiger partial charge in [0.1, 0.15) is 0 Å². The molecule has 0 spiro atoms. The fourth-order valence-electron chi connectivity index (χ4n) is 4.35. The summed E-state index contributed by atoms with van der Waals surface area (Å²) >= 11 is 1.98. The molecule has 2 aliphatic carbocycles. The first-order valence-corrected chi connectivity index (χ1v) is 8.06. The van der Waals surface area contributed by atoms with E-state index in [4.69, 9.17) is 0 Å². The Bertz CT molecular complexity index is 267. The molecule has 1 nitrogen and oxygen atoms in total. The van der Waals surface area contributed by atoms with Crippen LogP contribution in [-0.4, -0.2) is 21.7 Å². The zero-order valence-corrected chi connectivity index (χ0v) is 11.1. The third-order valence-corrected chi connectivity index (χ3v) is 6.84. The van der Waals surface area contributed by atoms with Crippen LogP contribution in [-0.2, 0) is 0 Å². The van der Waals surface area contributed by atoms with E-state index in [0.29, 0.717) is 5.25 Å². The van der Waals surface area contributed by atoms with E-state index < -0.39 is 0 Å². The molecule has 0 radical (unpaired) electrons. The van der Waals surface area contributed by atoms with Crippen LogP contribution in [0.2, 0.25) is 0 Å². The molecule has 2 heteroatoms. The average molecular weight is 240 g/mol. The highest BCUT2D eigenvalue weighted by Crippen LogP contribution is 2.52. The Morgan fingerprint density at radius 1 is 1.31 bits per heavy atom. The molecule has 2 bridgehead atoms. The lowest BCUT2D eigenvalue weighted by Crippen LogP contribution is -2.43. The van der Waals surface area contributed by atoms with Gasteiger partial charge in [-0.3, -0.25) is 0 Å². The van der Waals surface area contributed by atoms with Crippen LogP contribution < -0.4 is 0 Å². The van der Waals surface area contributed by atoms with Gasteiger partial charge in [-0.25, -0.2) is 0 Å². The maximum Gasteiger partial charge on any atom is 0.0766 e. The Kier molecular flexibility index (Phi) is 3.00. The minimum atomic E-state index is -0.335. The van der Waals surface area contributed by atoms with Crippen molar-refractivity contribution in [2.45, 2.75) is 62.7 Å². The topological polar surface area (TPSA) is 20.2 Å². The molecule has 92 valence electrons. The van der Waals surface area contributed by atoms with Gasteiger partial charge in [0.2, 0.25) is 0 Å². The normalized spacial score (nSPS) is 52.1. The van der Waals surface area contributed by atoms with E-state index in [1.807, 2.05) is 11.8 Å². The number of rotatable bonds is 2. The molecule has 1 saturated heterocycles. The highest BCUT2D eigenvalue weighted by atomic mass is 32.2. The van der Waals surface area contributed by atoms with Gasteiger partial charge >= 0.3 is 0 Å². The van der Waals surface area contributed by atoms with E-state index in [1.165, 1.54) is 37.9 Å². The second kappa shape index (κ2) is 4.20. The lowest BCUT2D eigenvalue weighted by atomic mass is 9.77. The van der Waals surface area contributed by atoms with Crippen molar-refractivity contribution < 1.29 is 5.11 Å². The number of thioether (sulfide) groups is 1. The molecule has 3 rings (SSSR count). The predicted octanol–water partition coefficient (Wildman–Crippen LogP) is 3.46. The van der Waals surface area contributed by atoms with Gasteiger partial charge in [-0.2, -0.15) is 11.8 Å². The van der Waals surface area contributed by atoms with Gasteiger partial charge in [-0.05, 0) is 62.0 Å². The van der Waals surface area contributed by atoms with Crippen molar-refractivity contribution in [3.05, 3.63) is 0 Å². The van der Waals surface area contributed by atoms with Crippen molar-refractivity contribution >= 4 is 11.8 Å². The summed E-state index contributed by atoms with van der Waals surface area (Å²) in [5.41, 5.74) is -0.335. The maximum atomic E-state index is 10.8. The van der Waals surface area contributed by atoms with Crippen molar-refractivity contribution in [2.24, 2.45) is 17.8 Å². The van der Waals surface area contributed by atoms with Gasteiger partial charge in [0.25, 0.3) is 0 Å². The molecule has 0 aromatic heterocycles. The monoisotopic (exact) mass is 240 g/mol. The van der Waals surface area contributed by atoms with Crippen molar-refractivity contribution in [1.82, 2.24) is 0 Å². The summed E-state index contributed by atoms with van der Waals surface area (Å²) < 4.78 is 0. The molecule has 0 aromatic rings. The zero-order valence-electron chi connectivity index (χ0n) is 10.3. The van der Waals surface area contributed by atoms with Gasteiger partial charge in [-0.1, -0.05) is 13.3 Å². The molecule has 0 aromatic carbocycles. The Balaban J connectivity index is 1.64. The van der Waals surface area contributed by atoms with E-state index in [1.54, 1.807) is 0 Å². The van der Waals surface area contributed by atoms with Crippen molar-refractivity contribution in [2.75, 3.05) is 5.75 Å². The van der Waals surface area contributed by atoms with E-state index in [9.17, 15) is 5.11 Å².